The lowest BCUT2D eigenvalue weighted by Gasteiger charge is -2.07. The summed E-state index contributed by atoms with van der Waals surface area (Å²) in [5, 5.41) is 0. The molecule has 2 rings (SSSR count). The van der Waals surface area contributed by atoms with E-state index in [1.807, 2.05) is 0 Å². The highest BCUT2D eigenvalue weighted by atomic mass is 32.2. The van der Waals surface area contributed by atoms with E-state index in [1.54, 1.807) is 0 Å². The van der Waals surface area contributed by atoms with Crippen LogP contribution >= 0.6 is 0 Å². The molecule has 4 nitrogen and oxygen atoms in total. The number of halogens is 2. The number of hydrogen-bond acceptors (Lipinski definition) is 4. The molecule has 0 radical (unpaired) electrons. The maximum absolute atomic E-state index is 13.0. The van der Waals surface area contributed by atoms with E-state index in [4.69, 9.17) is 4.18 Å². The van der Waals surface area contributed by atoms with Crippen LogP contribution in [-0.2, 0) is 10.1 Å². The molecule has 0 unspecified atom stereocenters. The fourth-order valence-corrected chi connectivity index (χ4v) is 2.48. The van der Waals surface area contributed by atoms with Gasteiger partial charge in [-0.1, -0.05) is 12.1 Å². The third kappa shape index (κ3) is 3.43. The number of benzene rings is 2. The van der Waals surface area contributed by atoms with Gasteiger partial charge in [0.2, 0.25) is 0 Å². The monoisotopic (exact) mass is 312 g/mol. The van der Waals surface area contributed by atoms with Crippen molar-refractivity contribution in [2.75, 3.05) is 0 Å². The van der Waals surface area contributed by atoms with E-state index in [9.17, 15) is 22.0 Å². The van der Waals surface area contributed by atoms with Gasteiger partial charge in [0.05, 0.1) is 0 Å². The number of hydrogen-bond donors (Lipinski definition) is 0. The molecule has 0 bridgehead atoms. The van der Waals surface area contributed by atoms with E-state index in [1.165, 1.54) is 31.2 Å². The smallest absolute Gasteiger partial charge is 0.339 e. The highest BCUT2D eigenvalue weighted by Gasteiger charge is 2.18. The third-order valence-corrected chi connectivity index (χ3v) is 3.91. The molecule has 7 heteroatoms. The minimum absolute atomic E-state index is 0.197. The Balaban J connectivity index is 2.29. The number of rotatable bonds is 4. The fourth-order valence-electron chi connectivity index (χ4n) is 1.56. The summed E-state index contributed by atoms with van der Waals surface area (Å²) >= 11 is 0. The van der Waals surface area contributed by atoms with Crippen LogP contribution < -0.4 is 4.18 Å². The van der Waals surface area contributed by atoms with Crippen LogP contribution in [0.5, 0.6) is 5.75 Å². The first-order valence-electron chi connectivity index (χ1n) is 5.80. The van der Waals surface area contributed by atoms with Crippen LogP contribution in [0.1, 0.15) is 17.3 Å². The Morgan fingerprint density at radius 1 is 1.00 bits per heavy atom. The van der Waals surface area contributed by atoms with E-state index >= 15 is 0 Å². The Morgan fingerprint density at radius 2 is 1.62 bits per heavy atom. The van der Waals surface area contributed by atoms with Gasteiger partial charge < -0.3 is 4.18 Å². The fraction of sp³-hybridized carbons (Fsp3) is 0.0714. The largest absolute Gasteiger partial charge is 0.379 e. The van der Waals surface area contributed by atoms with Gasteiger partial charge in [-0.25, -0.2) is 8.78 Å². The van der Waals surface area contributed by atoms with Gasteiger partial charge in [0.25, 0.3) is 0 Å². The van der Waals surface area contributed by atoms with Crippen molar-refractivity contribution in [2.24, 2.45) is 0 Å². The van der Waals surface area contributed by atoms with Gasteiger partial charge in [0.1, 0.15) is 10.6 Å². The number of carbonyl (C=O) groups excluding carboxylic acids is 1. The molecule has 0 fully saturated rings. The van der Waals surface area contributed by atoms with Crippen molar-refractivity contribution in [1.29, 1.82) is 0 Å². The predicted molar refractivity (Wildman–Crippen MR) is 70.6 cm³/mol. The first-order chi connectivity index (χ1) is 9.79. The van der Waals surface area contributed by atoms with Gasteiger partial charge in [-0.05, 0) is 31.2 Å². The van der Waals surface area contributed by atoms with Gasteiger partial charge in [-0.3, -0.25) is 4.79 Å². The summed E-state index contributed by atoms with van der Waals surface area (Å²) in [6.45, 7) is 1.35. The lowest BCUT2D eigenvalue weighted by atomic mass is 10.2. The molecule has 0 aliphatic rings. The highest BCUT2D eigenvalue weighted by Crippen LogP contribution is 2.21. The second-order valence-corrected chi connectivity index (χ2v) is 5.74. The average molecular weight is 312 g/mol. The van der Waals surface area contributed by atoms with Crippen LogP contribution in [0.15, 0.2) is 47.4 Å². The molecule has 0 spiro atoms. The zero-order valence-electron chi connectivity index (χ0n) is 10.8. The molecule has 0 amide bonds. The number of Topliss-reactive ketones (excluding diaryl/α,β-unsaturated/α-hetero) is 1. The molecular weight excluding hydrogens is 302 g/mol. The molecule has 0 saturated carbocycles. The molecule has 0 aliphatic heterocycles. The maximum atomic E-state index is 13.0. The Kier molecular flexibility index (Phi) is 4.04. The van der Waals surface area contributed by atoms with E-state index in [-0.39, 0.29) is 16.4 Å². The molecule has 0 aliphatic carbocycles. The topological polar surface area (TPSA) is 60.4 Å². The first-order valence-corrected chi connectivity index (χ1v) is 7.21. The quantitative estimate of drug-likeness (QED) is 0.643. The van der Waals surface area contributed by atoms with Gasteiger partial charge in [-0.2, -0.15) is 8.42 Å². The predicted octanol–water partition coefficient (Wildman–Crippen LogP) is 2.94. The number of carbonyl (C=O) groups is 1. The summed E-state index contributed by atoms with van der Waals surface area (Å²) < 4.78 is 54.4. The molecule has 2 aromatic carbocycles. The standard InChI is InChI=1S/C14H10F2O4S/c1-9(17)10-2-5-12(6-3-10)21(18,19)20-11-4-7-13(15)14(16)8-11/h2-8H,1H3. The van der Waals surface area contributed by atoms with Crippen molar-refractivity contribution < 1.29 is 26.2 Å². The lowest BCUT2D eigenvalue weighted by molar-refractivity contribution is 0.101. The summed E-state index contributed by atoms with van der Waals surface area (Å²) in [7, 11) is -4.19. The summed E-state index contributed by atoms with van der Waals surface area (Å²) in [6.07, 6.45) is 0. The summed E-state index contributed by atoms with van der Waals surface area (Å²) in [5.41, 5.74) is 0.349. The average Bonchev–Trinajstić information content (AvgIpc) is 2.43. The minimum Gasteiger partial charge on any atom is -0.379 e. The maximum Gasteiger partial charge on any atom is 0.339 e. The first kappa shape index (κ1) is 15.1. The van der Waals surface area contributed by atoms with E-state index in [0.29, 0.717) is 11.6 Å². The van der Waals surface area contributed by atoms with Gasteiger partial charge in [0, 0.05) is 11.6 Å². The van der Waals surface area contributed by atoms with Crippen molar-refractivity contribution in [3.05, 3.63) is 59.7 Å². The lowest BCUT2D eigenvalue weighted by Crippen LogP contribution is -2.10. The molecule has 0 aromatic heterocycles. The van der Waals surface area contributed by atoms with Gasteiger partial charge in [-0.15, -0.1) is 0 Å². The van der Waals surface area contributed by atoms with Crippen molar-refractivity contribution in [2.45, 2.75) is 11.8 Å². The highest BCUT2D eigenvalue weighted by molar-refractivity contribution is 7.87. The molecule has 0 atom stereocenters. The van der Waals surface area contributed by atoms with Crippen LogP contribution in [0.2, 0.25) is 0 Å². The molecule has 21 heavy (non-hydrogen) atoms. The van der Waals surface area contributed by atoms with Crippen LogP contribution in [0, 0.1) is 11.6 Å². The second-order valence-electron chi connectivity index (χ2n) is 4.19. The zero-order chi connectivity index (χ0) is 15.6. The summed E-state index contributed by atoms with van der Waals surface area (Å²) in [4.78, 5) is 10.9. The zero-order valence-corrected chi connectivity index (χ0v) is 11.7. The van der Waals surface area contributed by atoms with E-state index in [2.05, 4.69) is 0 Å². The summed E-state index contributed by atoms with van der Waals surface area (Å²) in [6, 6.07) is 7.47. The van der Waals surface area contributed by atoms with Crippen molar-refractivity contribution in [1.82, 2.24) is 0 Å². The normalized spacial score (nSPS) is 11.2. The van der Waals surface area contributed by atoms with E-state index < -0.39 is 21.8 Å². The molecule has 2 aromatic rings. The molecular formula is C14H10F2O4S. The molecule has 0 heterocycles. The van der Waals surface area contributed by atoms with Crippen LogP contribution in [-0.4, -0.2) is 14.2 Å². The van der Waals surface area contributed by atoms with E-state index in [0.717, 1.165) is 12.1 Å². The number of ketones is 1. The minimum atomic E-state index is -4.19. The van der Waals surface area contributed by atoms with Gasteiger partial charge >= 0.3 is 10.1 Å². The SMILES string of the molecule is CC(=O)c1ccc(S(=O)(=O)Oc2ccc(F)c(F)c2)cc1. The van der Waals surface area contributed by atoms with Crippen molar-refractivity contribution >= 4 is 15.9 Å². The Morgan fingerprint density at radius 3 is 2.14 bits per heavy atom. The summed E-state index contributed by atoms with van der Waals surface area (Å²) in [5.74, 6) is -2.87. The van der Waals surface area contributed by atoms with Crippen molar-refractivity contribution in [3.63, 3.8) is 0 Å². The molecule has 0 N–H and O–H groups in total. The Labute approximate surface area is 120 Å². The van der Waals surface area contributed by atoms with Crippen LogP contribution in [0.3, 0.4) is 0 Å². The molecule has 110 valence electrons. The van der Waals surface area contributed by atoms with Crippen LogP contribution in [0.4, 0.5) is 8.78 Å². The van der Waals surface area contributed by atoms with Crippen LogP contribution in [0.25, 0.3) is 0 Å². The second kappa shape index (κ2) is 5.61. The van der Waals surface area contributed by atoms with Gasteiger partial charge in [0.15, 0.2) is 17.4 Å². The Hall–Kier alpha value is -2.28. The molecule has 0 saturated heterocycles. The van der Waals surface area contributed by atoms with Crippen molar-refractivity contribution in [3.8, 4) is 5.75 Å². The third-order valence-electron chi connectivity index (χ3n) is 2.65. The Bertz CT molecular complexity index is 783.